The lowest BCUT2D eigenvalue weighted by atomic mass is 10.2. The van der Waals surface area contributed by atoms with Crippen molar-refractivity contribution in [3.05, 3.63) is 35.0 Å². The van der Waals surface area contributed by atoms with Crippen LogP contribution < -0.4 is 0 Å². The number of nitrogens with zero attached hydrogens (tertiary/aromatic N) is 1. The lowest BCUT2D eigenvalue weighted by molar-refractivity contribution is -0.137. The molecule has 1 amide bonds. The highest BCUT2D eigenvalue weighted by Gasteiger charge is 2.33. The number of hydrogen-bond acceptors (Lipinski definition) is 3. The molecule has 0 spiro atoms. The van der Waals surface area contributed by atoms with Gasteiger partial charge in [0, 0.05) is 22.7 Å². The van der Waals surface area contributed by atoms with Crippen LogP contribution in [-0.4, -0.2) is 34.5 Å². The van der Waals surface area contributed by atoms with Gasteiger partial charge < -0.3 is 10.0 Å². The third-order valence-corrected chi connectivity index (χ3v) is 4.62. The first-order valence-electron chi connectivity index (χ1n) is 6.77. The summed E-state index contributed by atoms with van der Waals surface area (Å²) in [6.45, 7) is 0.204. The fourth-order valence-corrected chi connectivity index (χ4v) is 3.36. The van der Waals surface area contributed by atoms with Crippen LogP contribution in [0.25, 0.3) is 10.1 Å². The first-order chi connectivity index (χ1) is 10.1. The van der Waals surface area contributed by atoms with E-state index in [2.05, 4.69) is 0 Å². The molecule has 2 aromatic rings. The number of rotatable bonds is 5. The van der Waals surface area contributed by atoms with Gasteiger partial charge in [-0.05, 0) is 31.0 Å². The van der Waals surface area contributed by atoms with Crippen LogP contribution in [0.4, 0.5) is 4.39 Å². The molecule has 1 heterocycles. The van der Waals surface area contributed by atoms with E-state index in [1.54, 1.807) is 23.1 Å². The van der Waals surface area contributed by atoms with Crippen LogP contribution >= 0.6 is 11.3 Å². The van der Waals surface area contributed by atoms with Gasteiger partial charge in [0.05, 0.1) is 11.3 Å². The molecule has 0 atom stereocenters. The molecule has 0 saturated heterocycles. The van der Waals surface area contributed by atoms with Crippen molar-refractivity contribution in [3.63, 3.8) is 0 Å². The minimum absolute atomic E-state index is 0.0680. The zero-order valence-electron chi connectivity index (χ0n) is 11.2. The first-order valence-corrected chi connectivity index (χ1v) is 7.59. The van der Waals surface area contributed by atoms with Gasteiger partial charge in [-0.3, -0.25) is 9.59 Å². The zero-order chi connectivity index (χ0) is 15.0. The third kappa shape index (κ3) is 2.90. The molecule has 1 fully saturated rings. The van der Waals surface area contributed by atoms with Crippen LogP contribution in [0.5, 0.6) is 0 Å². The molecule has 4 nitrogen and oxygen atoms in total. The van der Waals surface area contributed by atoms with Crippen LogP contribution in [0.3, 0.4) is 0 Å². The normalized spacial score (nSPS) is 14.3. The Bertz CT molecular complexity index is 708. The molecule has 21 heavy (non-hydrogen) atoms. The van der Waals surface area contributed by atoms with Gasteiger partial charge in [-0.15, -0.1) is 11.3 Å². The average molecular weight is 307 g/mol. The van der Waals surface area contributed by atoms with Crippen LogP contribution in [0.2, 0.25) is 0 Å². The molecule has 1 saturated carbocycles. The maximum atomic E-state index is 13.7. The molecular weight excluding hydrogens is 293 g/mol. The summed E-state index contributed by atoms with van der Waals surface area (Å²) >= 11 is 1.25. The molecule has 6 heteroatoms. The largest absolute Gasteiger partial charge is 0.481 e. The van der Waals surface area contributed by atoms with Crippen LogP contribution in [0.15, 0.2) is 24.3 Å². The van der Waals surface area contributed by atoms with Gasteiger partial charge in [0.15, 0.2) is 0 Å². The minimum Gasteiger partial charge on any atom is -0.481 e. The van der Waals surface area contributed by atoms with Crippen LogP contribution in [0.1, 0.15) is 28.9 Å². The van der Waals surface area contributed by atoms with E-state index in [4.69, 9.17) is 5.11 Å². The van der Waals surface area contributed by atoms with Gasteiger partial charge in [0.2, 0.25) is 0 Å². The lowest BCUT2D eigenvalue weighted by Gasteiger charge is -2.20. The molecule has 0 bridgehead atoms. The monoisotopic (exact) mass is 307 g/mol. The Morgan fingerprint density at radius 1 is 1.38 bits per heavy atom. The van der Waals surface area contributed by atoms with Gasteiger partial charge in [0.25, 0.3) is 5.91 Å². The molecule has 0 unspecified atom stereocenters. The highest BCUT2D eigenvalue weighted by Crippen LogP contribution is 2.32. The maximum Gasteiger partial charge on any atom is 0.305 e. The minimum atomic E-state index is -0.921. The SMILES string of the molecule is O=C(O)CCN(C(=O)c1cc2c(F)cccc2s1)C1CC1. The molecule has 0 radical (unpaired) electrons. The van der Waals surface area contributed by atoms with Gasteiger partial charge in [-0.25, -0.2) is 4.39 Å². The third-order valence-electron chi connectivity index (χ3n) is 3.53. The quantitative estimate of drug-likeness (QED) is 0.923. The molecule has 0 aliphatic heterocycles. The van der Waals surface area contributed by atoms with Crippen molar-refractivity contribution < 1.29 is 19.1 Å². The number of fused-ring (bicyclic) bond motifs is 1. The van der Waals surface area contributed by atoms with E-state index >= 15 is 0 Å². The van der Waals surface area contributed by atoms with Crippen LogP contribution in [0, 0.1) is 5.82 Å². The molecule has 1 aliphatic carbocycles. The Labute approximate surface area is 124 Å². The summed E-state index contributed by atoms with van der Waals surface area (Å²) in [5, 5.41) is 9.23. The van der Waals surface area contributed by atoms with Crippen molar-refractivity contribution in [2.75, 3.05) is 6.54 Å². The van der Waals surface area contributed by atoms with Crippen LogP contribution in [-0.2, 0) is 4.79 Å². The molecule has 1 N–H and O–H groups in total. The maximum absolute atomic E-state index is 13.7. The molecule has 1 aromatic heterocycles. The zero-order valence-corrected chi connectivity index (χ0v) is 12.0. The second-order valence-corrected chi connectivity index (χ2v) is 6.22. The number of carboxylic acids is 1. The van der Waals surface area contributed by atoms with E-state index in [-0.39, 0.29) is 30.7 Å². The Morgan fingerprint density at radius 2 is 2.14 bits per heavy atom. The Balaban J connectivity index is 1.87. The summed E-state index contributed by atoms with van der Waals surface area (Å²) < 4.78 is 14.4. The molecule has 1 aliphatic rings. The average Bonchev–Trinajstić information content (AvgIpc) is 3.16. The van der Waals surface area contributed by atoms with Crippen molar-refractivity contribution in [2.24, 2.45) is 0 Å². The number of carboxylic acid groups (broad SMARTS) is 1. The van der Waals surface area contributed by atoms with Crippen molar-refractivity contribution >= 4 is 33.3 Å². The van der Waals surface area contributed by atoms with Crippen molar-refractivity contribution in [3.8, 4) is 0 Å². The highest BCUT2D eigenvalue weighted by molar-refractivity contribution is 7.20. The summed E-state index contributed by atoms with van der Waals surface area (Å²) in [6.07, 6.45) is 1.75. The fraction of sp³-hybridized carbons (Fsp3) is 0.333. The van der Waals surface area contributed by atoms with E-state index in [1.807, 2.05) is 0 Å². The van der Waals surface area contributed by atoms with Gasteiger partial charge >= 0.3 is 5.97 Å². The number of halogens is 1. The number of benzene rings is 1. The lowest BCUT2D eigenvalue weighted by Crippen LogP contribution is -2.34. The Kier molecular flexibility index (Phi) is 3.63. The van der Waals surface area contributed by atoms with E-state index in [0.29, 0.717) is 10.3 Å². The number of aliphatic carboxylic acids is 1. The second-order valence-electron chi connectivity index (χ2n) is 5.14. The number of carbonyl (C=O) groups excluding carboxylic acids is 1. The topological polar surface area (TPSA) is 57.6 Å². The predicted octanol–water partition coefficient (Wildman–Crippen LogP) is 3.12. The number of hydrogen-bond donors (Lipinski definition) is 1. The highest BCUT2D eigenvalue weighted by atomic mass is 32.1. The van der Waals surface area contributed by atoms with Crippen molar-refractivity contribution in [1.29, 1.82) is 0 Å². The molecule has 1 aromatic carbocycles. The van der Waals surface area contributed by atoms with E-state index in [9.17, 15) is 14.0 Å². The fourth-order valence-electron chi connectivity index (χ4n) is 2.32. The van der Waals surface area contributed by atoms with E-state index in [1.165, 1.54) is 17.4 Å². The van der Waals surface area contributed by atoms with E-state index < -0.39 is 5.97 Å². The standard InChI is InChI=1S/C15H14FNO3S/c16-11-2-1-3-12-10(11)8-13(21-12)15(20)17(9-4-5-9)7-6-14(18)19/h1-3,8-9H,4-7H2,(H,18,19). The second kappa shape index (κ2) is 5.44. The Morgan fingerprint density at radius 3 is 2.76 bits per heavy atom. The summed E-state index contributed by atoms with van der Waals surface area (Å²) in [7, 11) is 0. The smallest absolute Gasteiger partial charge is 0.305 e. The summed E-state index contributed by atoms with van der Waals surface area (Å²) in [5.74, 6) is -1.46. The van der Waals surface area contributed by atoms with Gasteiger partial charge in [-0.2, -0.15) is 0 Å². The van der Waals surface area contributed by atoms with Crippen molar-refractivity contribution in [1.82, 2.24) is 4.90 Å². The predicted molar refractivity (Wildman–Crippen MR) is 78.1 cm³/mol. The van der Waals surface area contributed by atoms with E-state index in [0.717, 1.165) is 17.5 Å². The number of thiophene rings is 1. The molecule has 110 valence electrons. The molecule has 3 rings (SSSR count). The van der Waals surface area contributed by atoms with Gasteiger partial charge in [-0.1, -0.05) is 6.07 Å². The molecular formula is C15H14FNO3S. The number of carbonyl (C=O) groups is 2. The summed E-state index contributed by atoms with van der Waals surface area (Å²) in [4.78, 5) is 25.3. The summed E-state index contributed by atoms with van der Waals surface area (Å²) in [5.41, 5.74) is 0. The Hall–Kier alpha value is -1.95. The summed E-state index contributed by atoms with van der Waals surface area (Å²) in [6, 6.07) is 6.46. The van der Waals surface area contributed by atoms with Crippen molar-refractivity contribution in [2.45, 2.75) is 25.3 Å². The first kappa shape index (κ1) is 14.0. The number of amides is 1. The van der Waals surface area contributed by atoms with Gasteiger partial charge in [0.1, 0.15) is 5.82 Å².